The van der Waals surface area contributed by atoms with Crippen LogP contribution < -0.4 is 5.73 Å². The Labute approximate surface area is 124 Å². The van der Waals surface area contributed by atoms with Gasteiger partial charge in [-0.3, -0.25) is 0 Å². The molecule has 2 aliphatic rings. The molecule has 0 aromatic heterocycles. The van der Waals surface area contributed by atoms with Gasteiger partial charge in [-0.15, -0.1) is 0 Å². The summed E-state index contributed by atoms with van der Waals surface area (Å²) < 4.78 is 0. The van der Waals surface area contributed by atoms with Crippen molar-refractivity contribution in [3.8, 4) is 0 Å². The van der Waals surface area contributed by atoms with E-state index >= 15 is 0 Å². The molecule has 1 unspecified atom stereocenters. The lowest BCUT2D eigenvalue weighted by molar-refractivity contribution is 0.173. The second-order valence-corrected chi connectivity index (χ2v) is 6.25. The smallest absolute Gasteiger partial charge is 0.0353 e. The zero-order chi connectivity index (χ0) is 14.5. The Morgan fingerprint density at radius 3 is 2.45 bits per heavy atom. The molecular weight excluding hydrogens is 246 g/mol. The highest BCUT2D eigenvalue weighted by Gasteiger charge is 2.23. The molecule has 0 aromatic rings. The largest absolute Gasteiger partial charge is 0.372 e. The molecule has 3 nitrogen and oxygen atoms in total. The van der Waals surface area contributed by atoms with Gasteiger partial charge in [0.25, 0.3) is 0 Å². The first-order valence-electron chi connectivity index (χ1n) is 8.25. The average Bonchev–Trinajstić information content (AvgIpc) is 2.46. The highest BCUT2D eigenvalue weighted by Crippen LogP contribution is 2.27. The summed E-state index contributed by atoms with van der Waals surface area (Å²) in [5.41, 5.74) is 8.78. The fourth-order valence-electron chi connectivity index (χ4n) is 3.47. The monoisotopic (exact) mass is 277 g/mol. The molecule has 1 fully saturated rings. The molecule has 114 valence electrons. The number of rotatable bonds is 5. The molecule has 3 heteroatoms. The van der Waals surface area contributed by atoms with Crippen molar-refractivity contribution in [2.75, 3.05) is 32.7 Å². The Morgan fingerprint density at radius 1 is 1.25 bits per heavy atom. The van der Waals surface area contributed by atoms with Gasteiger partial charge in [-0.05, 0) is 50.8 Å². The van der Waals surface area contributed by atoms with E-state index in [1.807, 2.05) is 0 Å². The van der Waals surface area contributed by atoms with Gasteiger partial charge < -0.3 is 15.5 Å². The van der Waals surface area contributed by atoms with E-state index in [-0.39, 0.29) is 6.04 Å². The minimum absolute atomic E-state index is 0.221. The number of piperidine rings is 1. The van der Waals surface area contributed by atoms with Gasteiger partial charge in [-0.2, -0.15) is 0 Å². The minimum Gasteiger partial charge on any atom is -0.372 e. The van der Waals surface area contributed by atoms with Crippen molar-refractivity contribution < 1.29 is 0 Å². The third-order valence-electron chi connectivity index (χ3n) is 4.82. The predicted molar refractivity (Wildman–Crippen MR) is 86.5 cm³/mol. The number of hydrogen-bond acceptors (Lipinski definition) is 3. The Hall–Kier alpha value is -0.800. The molecule has 1 aliphatic heterocycles. The maximum atomic E-state index is 5.98. The lowest BCUT2D eigenvalue weighted by Crippen LogP contribution is -2.39. The van der Waals surface area contributed by atoms with Gasteiger partial charge in [-0.1, -0.05) is 26.0 Å². The Bertz CT molecular complexity index is 360. The van der Waals surface area contributed by atoms with Gasteiger partial charge in [0.05, 0.1) is 0 Å². The third kappa shape index (κ3) is 3.86. The van der Waals surface area contributed by atoms with Crippen LogP contribution in [-0.2, 0) is 0 Å². The number of nitrogens with zero attached hydrogens (tertiary/aromatic N) is 2. The van der Waals surface area contributed by atoms with Crippen LogP contribution in [0.1, 0.15) is 40.0 Å². The SMILES string of the molecule is CCN(CC)CC1CCN(C2=CCC(N)C=C2C)CC1. The maximum Gasteiger partial charge on any atom is 0.0353 e. The summed E-state index contributed by atoms with van der Waals surface area (Å²) in [5, 5.41) is 0. The summed E-state index contributed by atoms with van der Waals surface area (Å²) >= 11 is 0. The predicted octanol–water partition coefficient (Wildman–Crippen LogP) is 2.60. The van der Waals surface area contributed by atoms with Gasteiger partial charge in [0, 0.05) is 31.4 Å². The van der Waals surface area contributed by atoms with E-state index in [9.17, 15) is 0 Å². The van der Waals surface area contributed by atoms with E-state index in [1.165, 1.54) is 56.8 Å². The Kier molecular flexibility index (Phi) is 5.67. The van der Waals surface area contributed by atoms with Crippen LogP contribution in [0.5, 0.6) is 0 Å². The van der Waals surface area contributed by atoms with Gasteiger partial charge in [0.1, 0.15) is 0 Å². The van der Waals surface area contributed by atoms with Crippen LogP contribution in [0, 0.1) is 5.92 Å². The average molecular weight is 277 g/mol. The van der Waals surface area contributed by atoms with Gasteiger partial charge >= 0.3 is 0 Å². The molecule has 0 aromatic carbocycles. The van der Waals surface area contributed by atoms with Crippen molar-refractivity contribution >= 4 is 0 Å². The first-order valence-corrected chi connectivity index (χ1v) is 8.25. The van der Waals surface area contributed by atoms with Crippen molar-refractivity contribution in [1.82, 2.24) is 9.80 Å². The molecule has 1 saturated heterocycles. The van der Waals surface area contributed by atoms with Crippen LogP contribution in [0.3, 0.4) is 0 Å². The van der Waals surface area contributed by atoms with Crippen LogP contribution in [0.15, 0.2) is 23.4 Å². The van der Waals surface area contributed by atoms with Crippen molar-refractivity contribution in [3.63, 3.8) is 0 Å². The van der Waals surface area contributed by atoms with Crippen molar-refractivity contribution in [2.45, 2.75) is 46.1 Å². The quantitative estimate of drug-likeness (QED) is 0.838. The van der Waals surface area contributed by atoms with Crippen LogP contribution in [-0.4, -0.2) is 48.6 Å². The number of hydrogen-bond donors (Lipinski definition) is 1. The summed E-state index contributed by atoms with van der Waals surface area (Å²) in [5.74, 6) is 0.877. The molecular formula is C17H31N3. The molecule has 1 aliphatic carbocycles. The van der Waals surface area contributed by atoms with E-state index in [4.69, 9.17) is 5.73 Å². The van der Waals surface area contributed by atoms with Crippen LogP contribution in [0.25, 0.3) is 0 Å². The zero-order valence-electron chi connectivity index (χ0n) is 13.4. The topological polar surface area (TPSA) is 32.5 Å². The van der Waals surface area contributed by atoms with E-state index in [2.05, 4.69) is 42.7 Å². The third-order valence-corrected chi connectivity index (χ3v) is 4.82. The molecule has 1 atom stereocenters. The number of likely N-dealkylation sites (tertiary alicyclic amines) is 1. The first kappa shape index (κ1) is 15.6. The molecule has 20 heavy (non-hydrogen) atoms. The normalized spacial score (nSPS) is 24.9. The molecule has 0 spiro atoms. The van der Waals surface area contributed by atoms with Crippen molar-refractivity contribution in [1.29, 1.82) is 0 Å². The fraction of sp³-hybridized carbons (Fsp3) is 0.765. The van der Waals surface area contributed by atoms with E-state index in [0.29, 0.717) is 0 Å². The summed E-state index contributed by atoms with van der Waals surface area (Å²) in [6, 6.07) is 0.221. The molecule has 0 amide bonds. The zero-order valence-corrected chi connectivity index (χ0v) is 13.4. The molecule has 0 bridgehead atoms. The maximum absolute atomic E-state index is 5.98. The fourth-order valence-corrected chi connectivity index (χ4v) is 3.47. The van der Waals surface area contributed by atoms with Gasteiger partial charge in [0.2, 0.25) is 0 Å². The molecule has 2 N–H and O–H groups in total. The number of nitrogens with two attached hydrogens (primary N) is 1. The van der Waals surface area contributed by atoms with Crippen LogP contribution >= 0.6 is 0 Å². The molecule has 0 radical (unpaired) electrons. The highest BCUT2D eigenvalue weighted by molar-refractivity contribution is 5.33. The molecule has 0 saturated carbocycles. The first-order chi connectivity index (χ1) is 9.63. The van der Waals surface area contributed by atoms with Crippen LogP contribution in [0.4, 0.5) is 0 Å². The number of allylic oxidation sites excluding steroid dienone is 1. The van der Waals surface area contributed by atoms with E-state index in [0.717, 1.165) is 12.3 Å². The molecule has 1 heterocycles. The highest BCUT2D eigenvalue weighted by atomic mass is 15.2. The van der Waals surface area contributed by atoms with Crippen molar-refractivity contribution in [2.24, 2.45) is 11.7 Å². The summed E-state index contributed by atoms with van der Waals surface area (Å²) in [6.07, 6.45) is 8.20. The summed E-state index contributed by atoms with van der Waals surface area (Å²) in [6.45, 7) is 12.8. The standard InChI is InChI=1S/C17H31N3/c1-4-19(5-2)13-15-8-10-20(11-9-15)17-7-6-16(18)12-14(17)3/h7,12,15-16H,4-6,8-11,13,18H2,1-3H3. The van der Waals surface area contributed by atoms with Crippen LogP contribution in [0.2, 0.25) is 0 Å². The lowest BCUT2D eigenvalue weighted by Gasteiger charge is -2.38. The second kappa shape index (κ2) is 7.28. The van der Waals surface area contributed by atoms with Gasteiger partial charge in [0.15, 0.2) is 0 Å². The van der Waals surface area contributed by atoms with Crippen molar-refractivity contribution in [3.05, 3.63) is 23.4 Å². The Balaban J connectivity index is 1.84. The second-order valence-electron chi connectivity index (χ2n) is 6.25. The summed E-state index contributed by atoms with van der Waals surface area (Å²) in [4.78, 5) is 5.13. The van der Waals surface area contributed by atoms with E-state index < -0.39 is 0 Å². The van der Waals surface area contributed by atoms with Gasteiger partial charge in [-0.25, -0.2) is 0 Å². The molecule has 2 rings (SSSR count). The Morgan fingerprint density at radius 2 is 1.90 bits per heavy atom. The lowest BCUT2D eigenvalue weighted by atomic mass is 9.93. The summed E-state index contributed by atoms with van der Waals surface area (Å²) in [7, 11) is 0. The van der Waals surface area contributed by atoms with E-state index in [1.54, 1.807) is 0 Å². The minimum atomic E-state index is 0.221.